The highest BCUT2D eigenvalue weighted by Gasteiger charge is 2.13. The van der Waals surface area contributed by atoms with Gasteiger partial charge in [-0.3, -0.25) is 9.59 Å². The number of hydrogen-bond acceptors (Lipinski definition) is 3. The Kier molecular flexibility index (Phi) is 5.98. The van der Waals surface area contributed by atoms with Gasteiger partial charge in [-0.15, -0.1) is 0 Å². The van der Waals surface area contributed by atoms with E-state index in [1.54, 1.807) is 32.9 Å². The van der Waals surface area contributed by atoms with Crippen LogP contribution in [0.1, 0.15) is 31.1 Å². The topological polar surface area (TPSA) is 78.4 Å². The van der Waals surface area contributed by atoms with Gasteiger partial charge in [-0.1, -0.05) is 25.4 Å². The Morgan fingerprint density at radius 3 is 2.50 bits per heavy atom. The summed E-state index contributed by atoms with van der Waals surface area (Å²) in [6.45, 7) is 5.27. The van der Waals surface area contributed by atoms with Gasteiger partial charge >= 0.3 is 0 Å². The van der Waals surface area contributed by atoms with Crippen LogP contribution in [-0.2, 0) is 4.79 Å². The molecular formula is C14H19ClN2O3. The highest BCUT2D eigenvalue weighted by Crippen LogP contribution is 2.21. The standard InChI is InChI=1S/C14H19ClN2O3/c1-8(2)13(19)17-10-4-5-12(15)11(6-10)14(20)16-7-9(3)18/h4-6,8-9,18H,7H2,1-3H3,(H,16,20)(H,17,19). The summed E-state index contributed by atoms with van der Waals surface area (Å²) in [6.07, 6.45) is -0.637. The van der Waals surface area contributed by atoms with Gasteiger partial charge in [-0.05, 0) is 25.1 Å². The monoisotopic (exact) mass is 298 g/mol. The number of benzene rings is 1. The van der Waals surface area contributed by atoms with Crippen molar-refractivity contribution in [1.29, 1.82) is 0 Å². The number of aliphatic hydroxyl groups excluding tert-OH is 1. The second kappa shape index (κ2) is 7.26. The van der Waals surface area contributed by atoms with E-state index in [-0.39, 0.29) is 29.0 Å². The summed E-state index contributed by atoms with van der Waals surface area (Å²) in [4.78, 5) is 23.5. The molecule has 0 saturated heterocycles. The molecule has 1 atom stereocenters. The summed E-state index contributed by atoms with van der Waals surface area (Å²) >= 11 is 5.97. The fourth-order valence-corrected chi connectivity index (χ4v) is 1.60. The molecule has 2 amide bonds. The van der Waals surface area contributed by atoms with Crippen LogP contribution < -0.4 is 10.6 Å². The molecule has 3 N–H and O–H groups in total. The summed E-state index contributed by atoms with van der Waals surface area (Å²) in [7, 11) is 0. The lowest BCUT2D eigenvalue weighted by molar-refractivity contribution is -0.118. The zero-order valence-corrected chi connectivity index (χ0v) is 12.5. The molecule has 1 rings (SSSR count). The Hall–Kier alpha value is -1.59. The number of carbonyl (C=O) groups is 2. The maximum Gasteiger partial charge on any atom is 0.252 e. The molecular weight excluding hydrogens is 280 g/mol. The molecule has 0 spiro atoms. The number of anilines is 1. The Morgan fingerprint density at radius 1 is 1.30 bits per heavy atom. The SMILES string of the molecule is CC(O)CNC(=O)c1cc(NC(=O)C(C)C)ccc1Cl. The first-order valence-corrected chi connectivity index (χ1v) is 6.75. The van der Waals surface area contributed by atoms with Crippen molar-refractivity contribution in [2.75, 3.05) is 11.9 Å². The average molecular weight is 299 g/mol. The van der Waals surface area contributed by atoms with E-state index in [2.05, 4.69) is 10.6 Å². The molecule has 0 aliphatic carbocycles. The van der Waals surface area contributed by atoms with Gasteiger partial charge < -0.3 is 15.7 Å². The predicted octanol–water partition coefficient (Wildman–Crippen LogP) is 2.05. The number of rotatable bonds is 5. The van der Waals surface area contributed by atoms with Crippen molar-refractivity contribution in [2.24, 2.45) is 5.92 Å². The number of hydrogen-bond donors (Lipinski definition) is 3. The molecule has 0 aliphatic rings. The number of amides is 2. The van der Waals surface area contributed by atoms with Crippen LogP contribution in [0.3, 0.4) is 0 Å². The molecule has 0 saturated carbocycles. The Bertz CT molecular complexity index is 501. The first kappa shape index (κ1) is 16.5. The molecule has 5 nitrogen and oxygen atoms in total. The van der Waals surface area contributed by atoms with Crippen LogP contribution in [0.15, 0.2) is 18.2 Å². The van der Waals surface area contributed by atoms with Gasteiger partial charge in [0.1, 0.15) is 0 Å². The quantitative estimate of drug-likeness (QED) is 0.778. The lowest BCUT2D eigenvalue weighted by Crippen LogP contribution is -2.30. The minimum Gasteiger partial charge on any atom is -0.392 e. The first-order valence-electron chi connectivity index (χ1n) is 6.38. The van der Waals surface area contributed by atoms with Crippen LogP contribution in [0.25, 0.3) is 0 Å². The van der Waals surface area contributed by atoms with Crippen molar-refractivity contribution in [3.8, 4) is 0 Å². The fourth-order valence-electron chi connectivity index (χ4n) is 1.40. The van der Waals surface area contributed by atoms with E-state index in [4.69, 9.17) is 16.7 Å². The fraction of sp³-hybridized carbons (Fsp3) is 0.429. The van der Waals surface area contributed by atoms with Crippen molar-refractivity contribution in [1.82, 2.24) is 5.32 Å². The van der Waals surface area contributed by atoms with Gasteiger partial charge in [0, 0.05) is 18.2 Å². The largest absolute Gasteiger partial charge is 0.392 e. The molecule has 0 aromatic heterocycles. The van der Waals surface area contributed by atoms with Gasteiger partial charge in [0.15, 0.2) is 0 Å². The van der Waals surface area contributed by atoms with Crippen molar-refractivity contribution >= 4 is 29.1 Å². The smallest absolute Gasteiger partial charge is 0.252 e. The highest BCUT2D eigenvalue weighted by atomic mass is 35.5. The highest BCUT2D eigenvalue weighted by molar-refractivity contribution is 6.34. The van der Waals surface area contributed by atoms with E-state index in [0.29, 0.717) is 5.69 Å². The number of halogens is 1. The van der Waals surface area contributed by atoms with Crippen LogP contribution >= 0.6 is 11.6 Å². The average Bonchev–Trinajstić information content (AvgIpc) is 2.37. The van der Waals surface area contributed by atoms with E-state index in [0.717, 1.165) is 0 Å². The third-order valence-corrected chi connectivity index (χ3v) is 2.89. The molecule has 0 heterocycles. The normalized spacial score (nSPS) is 12.1. The van der Waals surface area contributed by atoms with Crippen LogP contribution in [0, 0.1) is 5.92 Å². The molecule has 110 valence electrons. The van der Waals surface area contributed by atoms with Gasteiger partial charge in [0.05, 0.1) is 16.7 Å². The van der Waals surface area contributed by atoms with Crippen LogP contribution in [0.5, 0.6) is 0 Å². The van der Waals surface area contributed by atoms with Crippen molar-refractivity contribution in [3.05, 3.63) is 28.8 Å². The molecule has 1 aromatic carbocycles. The first-order chi connectivity index (χ1) is 9.31. The van der Waals surface area contributed by atoms with Crippen LogP contribution in [0.4, 0.5) is 5.69 Å². The van der Waals surface area contributed by atoms with Crippen LogP contribution in [0.2, 0.25) is 5.02 Å². The summed E-state index contributed by atoms with van der Waals surface area (Å²) in [5, 5.41) is 14.7. The van der Waals surface area contributed by atoms with Crippen molar-refractivity contribution in [2.45, 2.75) is 26.9 Å². The van der Waals surface area contributed by atoms with E-state index in [1.165, 1.54) is 6.07 Å². The van der Waals surface area contributed by atoms with Gasteiger partial charge in [-0.25, -0.2) is 0 Å². The summed E-state index contributed by atoms with van der Waals surface area (Å²) in [6, 6.07) is 4.70. The van der Waals surface area contributed by atoms with E-state index < -0.39 is 12.0 Å². The van der Waals surface area contributed by atoms with Gasteiger partial charge in [0.2, 0.25) is 5.91 Å². The maximum atomic E-state index is 11.9. The van der Waals surface area contributed by atoms with Crippen LogP contribution in [-0.4, -0.2) is 29.6 Å². The number of nitrogens with one attached hydrogen (secondary N) is 2. The number of aliphatic hydroxyl groups is 1. The second-order valence-corrected chi connectivity index (χ2v) is 5.30. The lowest BCUT2D eigenvalue weighted by Gasteiger charge is -2.11. The summed E-state index contributed by atoms with van der Waals surface area (Å²) in [5.41, 5.74) is 0.768. The molecule has 0 aliphatic heterocycles. The minimum atomic E-state index is -0.637. The Labute approximate surface area is 123 Å². The third kappa shape index (κ3) is 4.83. The second-order valence-electron chi connectivity index (χ2n) is 4.90. The zero-order valence-electron chi connectivity index (χ0n) is 11.7. The summed E-state index contributed by atoms with van der Waals surface area (Å²) < 4.78 is 0. The minimum absolute atomic E-state index is 0.136. The molecule has 1 unspecified atom stereocenters. The lowest BCUT2D eigenvalue weighted by atomic mass is 10.1. The van der Waals surface area contributed by atoms with E-state index in [9.17, 15) is 9.59 Å². The van der Waals surface area contributed by atoms with Crippen molar-refractivity contribution in [3.63, 3.8) is 0 Å². The molecule has 1 aromatic rings. The Morgan fingerprint density at radius 2 is 1.95 bits per heavy atom. The molecule has 6 heteroatoms. The molecule has 0 radical (unpaired) electrons. The number of carbonyl (C=O) groups excluding carboxylic acids is 2. The van der Waals surface area contributed by atoms with E-state index >= 15 is 0 Å². The predicted molar refractivity (Wildman–Crippen MR) is 78.9 cm³/mol. The summed E-state index contributed by atoms with van der Waals surface area (Å²) in [5.74, 6) is -0.683. The molecule has 20 heavy (non-hydrogen) atoms. The third-order valence-electron chi connectivity index (χ3n) is 2.56. The van der Waals surface area contributed by atoms with Gasteiger partial charge in [0.25, 0.3) is 5.91 Å². The van der Waals surface area contributed by atoms with Gasteiger partial charge in [-0.2, -0.15) is 0 Å². The Balaban J connectivity index is 2.86. The zero-order chi connectivity index (χ0) is 15.3. The maximum absolute atomic E-state index is 11.9. The van der Waals surface area contributed by atoms with Crippen molar-refractivity contribution < 1.29 is 14.7 Å². The molecule has 0 fully saturated rings. The molecule has 0 bridgehead atoms. The van der Waals surface area contributed by atoms with E-state index in [1.807, 2.05) is 0 Å².